The van der Waals surface area contributed by atoms with Crippen LogP contribution < -0.4 is 5.32 Å². The molecule has 0 unspecified atom stereocenters. The lowest BCUT2D eigenvalue weighted by Gasteiger charge is -2.13. The van der Waals surface area contributed by atoms with Gasteiger partial charge in [0, 0.05) is 18.1 Å². The molecule has 6 heteroatoms. The summed E-state index contributed by atoms with van der Waals surface area (Å²) in [4.78, 5) is 8.83. The number of nitrogens with one attached hydrogen (secondary N) is 2. The third-order valence-corrected chi connectivity index (χ3v) is 4.00. The van der Waals surface area contributed by atoms with Crippen LogP contribution in [-0.2, 0) is 0 Å². The Bertz CT molecular complexity index is 983. The highest BCUT2D eigenvalue weighted by molar-refractivity contribution is 5.89. The minimum Gasteiger partial charge on any atom is -0.387 e. The van der Waals surface area contributed by atoms with Crippen LogP contribution >= 0.6 is 0 Å². The highest BCUT2D eigenvalue weighted by Crippen LogP contribution is 2.24. The summed E-state index contributed by atoms with van der Waals surface area (Å²) in [5, 5.41) is 21.6. The summed E-state index contributed by atoms with van der Waals surface area (Å²) in [6.45, 7) is 0.381. The summed E-state index contributed by atoms with van der Waals surface area (Å²) in [6.07, 6.45) is 1.12. The number of hydrogen-bond donors (Lipinski definition) is 3. The second kappa shape index (κ2) is 6.70. The van der Waals surface area contributed by atoms with Gasteiger partial charge in [-0.15, -0.1) is 0 Å². The number of fused-ring (bicyclic) bond motifs is 1. The maximum Gasteiger partial charge on any atom is 0.181 e. The molecule has 1 aromatic carbocycles. The Kier molecular flexibility index (Phi) is 4.10. The Morgan fingerprint density at radius 3 is 2.76 bits per heavy atom. The average Bonchev–Trinajstić information content (AvgIpc) is 3.11. The average molecular weight is 331 g/mol. The summed E-state index contributed by atoms with van der Waals surface area (Å²) in [6, 6.07) is 19.1. The van der Waals surface area contributed by atoms with E-state index in [1.807, 2.05) is 60.7 Å². The van der Waals surface area contributed by atoms with Crippen molar-refractivity contribution in [2.24, 2.45) is 0 Å². The van der Waals surface area contributed by atoms with Gasteiger partial charge in [0.1, 0.15) is 5.82 Å². The van der Waals surface area contributed by atoms with E-state index in [1.54, 1.807) is 6.20 Å². The molecule has 0 saturated carbocycles. The van der Waals surface area contributed by atoms with Gasteiger partial charge in [-0.2, -0.15) is 5.10 Å². The van der Waals surface area contributed by atoms with Crippen LogP contribution in [0.3, 0.4) is 0 Å². The fourth-order valence-corrected chi connectivity index (χ4v) is 2.71. The van der Waals surface area contributed by atoms with Crippen molar-refractivity contribution in [2.75, 3.05) is 11.9 Å². The van der Waals surface area contributed by atoms with Gasteiger partial charge >= 0.3 is 0 Å². The Hall–Kier alpha value is -3.25. The SMILES string of the molecule is O[C@H](CNc1cccc(-c2[nH]nc3ncccc23)n1)c1ccccc1. The van der Waals surface area contributed by atoms with Gasteiger partial charge in [-0.05, 0) is 29.8 Å². The van der Waals surface area contributed by atoms with Crippen molar-refractivity contribution in [3.63, 3.8) is 0 Å². The summed E-state index contributed by atoms with van der Waals surface area (Å²) < 4.78 is 0. The molecule has 3 aromatic heterocycles. The third kappa shape index (κ3) is 3.20. The molecule has 1 atom stereocenters. The lowest BCUT2D eigenvalue weighted by molar-refractivity contribution is 0.191. The maximum atomic E-state index is 10.3. The smallest absolute Gasteiger partial charge is 0.181 e. The molecule has 3 heterocycles. The number of aromatic nitrogens is 4. The van der Waals surface area contributed by atoms with E-state index in [0.717, 1.165) is 22.3 Å². The van der Waals surface area contributed by atoms with Gasteiger partial charge in [0.15, 0.2) is 5.65 Å². The van der Waals surface area contributed by atoms with E-state index in [4.69, 9.17) is 0 Å². The molecule has 0 saturated heterocycles. The second-order valence-corrected chi connectivity index (χ2v) is 5.69. The summed E-state index contributed by atoms with van der Waals surface area (Å²) in [7, 11) is 0. The van der Waals surface area contributed by atoms with E-state index < -0.39 is 6.10 Å². The third-order valence-electron chi connectivity index (χ3n) is 4.00. The van der Waals surface area contributed by atoms with E-state index in [1.165, 1.54) is 0 Å². The molecule has 0 amide bonds. The van der Waals surface area contributed by atoms with Crippen molar-refractivity contribution >= 4 is 16.9 Å². The van der Waals surface area contributed by atoms with Gasteiger partial charge in [-0.3, -0.25) is 5.10 Å². The van der Waals surface area contributed by atoms with Crippen molar-refractivity contribution in [2.45, 2.75) is 6.10 Å². The molecule has 0 aliphatic heterocycles. The number of aliphatic hydroxyl groups excluding tert-OH is 1. The van der Waals surface area contributed by atoms with Gasteiger partial charge < -0.3 is 10.4 Å². The molecular formula is C19H17N5O. The minimum atomic E-state index is -0.594. The topological polar surface area (TPSA) is 86.7 Å². The molecule has 0 aliphatic carbocycles. The number of H-pyrrole nitrogens is 1. The number of aromatic amines is 1. The number of aliphatic hydroxyl groups is 1. The molecule has 4 rings (SSSR count). The first-order valence-corrected chi connectivity index (χ1v) is 8.04. The first-order valence-electron chi connectivity index (χ1n) is 8.04. The number of anilines is 1. The van der Waals surface area contributed by atoms with Crippen LogP contribution in [0.4, 0.5) is 5.82 Å². The predicted molar refractivity (Wildman–Crippen MR) is 97.0 cm³/mol. The Balaban J connectivity index is 1.54. The second-order valence-electron chi connectivity index (χ2n) is 5.69. The first-order chi connectivity index (χ1) is 12.3. The Morgan fingerprint density at radius 1 is 1.00 bits per heavy atom. The van der Waals surface area contributed by atoms with Crippen molar-refractivity contribution in [1.29, 1.82) is 0 Å². The zero-order chi connectivity index (χ0) is 17.1. The van der Waals surface area contributed by atoms with Gasteiger partial charge in [0.2, 0.25) is 0 Å². The van der Waals surface area contributed by atoms with Crippen LogP contribution in [-0.4, -0.2) is 31.8 Å². The molecule has 3 N–H and O–H groups in total. The molecule has 0 aliphatic rings. The number of rotatable bonds is 5. The van der Waals surface area contributed by atoms with Crippen molar-refractivity contribution in [3.05, 3.63) is 72.4 Å². The Morgan fingerprint density at radius 2 is 1.88 bits per heavy atom. The van der Waals surface area contributed by atoms with Gasteiger partial charge in [-0.1, -0.05) is 36.4 Å². The van der Waals surface area contributed by atoms with E-state index in [9.17, 15) is 5.11 Å². The molecule has 124 valence electrons. The highest BCUT2D eigenvalue weighted by Gasteiger charge is 2.11. The molecule has 6 nitrogen and oxygen atoms in total. The van der Waals surface area contributed by atoms with E-state index in [0.29, 0.717) is 18.0 Å². The molecule has 0 radical (unpaired) electrons. The predicted octanol–water partition coefficient (Wildman–Crippen LogP) is 3.17. The van der Waals surface area contributed by atoms with Crippen molar-refractivity contribution in [1.82, 2.24) is 20.2 Å². The summed E-state index contributed by atoms with van der Waals surface area (Å²) in [5.41, 5.74) is 3.14. The number of nitrogens with zero attached hydrogens (tertiary/aromatic N) is 3. The Labute approximate surface area is 144 Å². The quantitative estimate of drug-likeness (QED) is 0.523. The molecule has 25 heavy (non-hydrogen) atoms. The molecule has 4 aromatic rings. The molecule has 0 fully saturated rings. The van der Waals surface area contributed by atoms with Crippen LogP contribution in [0.1, 0.15) is 11.7 Å². The lowest BCUT2D eigenvalue weighted by Crippen LogP contribution is -2.12. The van der Waals surface area contributed by atoms with Crippen LogP contribution in [0.5, 0.6) is 0 Å². The largest absolute Gasteiger partial charge is 0.387 e. The standard InChI is InChI=1S/C19H17N5O/c25-16(13-6-2-1-3-7-13)12-21-17-10-4-9-15(22-17)18-14-8-5-11-20-19(14)24-23-18/h1-11,16,25H,12H2,(H,21,22)(H,20,23,24)/t16-/m1/s1. The number of benzene rings is 1. The highest BCUT2D eigenvalue weighted by atomic mass is 16.3. The fourth-order valence-electron chi connectivity index (χ4n) is 2.71. The zero-order valence-electron chi connectivity index (χ0n) is 13.4. The van der Waals surface area contributed by atoms with E-state index in [2.05, 4.69) is 25.5 Å². The lowest BCUT2D eigenvalue weighted by atomic mass is 10.1. The van der Waals surface area contributed by atoms with Gasteiger partial charge in [0.25, 0.3) is 0 Å². The normalized spacial score (nSPS) is 12.2. The van der Waals surface area contributed by atoms with Crippen LogP contribution in [0.15, 0.2) is 66.9 Å². The first kappa shape index (κ1) is 15.3. The summed E-state index contributed by atoms with van der Waals surface area (Å²) >= 11 is 0. The molecule has 0 spiro atoms. The minimum absolute atomic E-state index is 0.381. The van der Waals surface area contributed by atoms with E-state index >= 15 is 0 Å². The maximum absolute atomic E-state index is 10.3. The fraction of sp³-hybridized carbons (Fsp3) is 0.105. The van der Waals surface area contributed by atoms with Gasteiger partial charge in [-0.25, -0.2) is 9.97 Å². The number of hydrogen-bond acceptors (Lipinski definition) is 5. The molecule has 0 bridgehead atoms. The van der Waals surface area contributed by atoms with Crippen LogP contribution in [0.2, 0.25) is 0 Å². The van der Waals surface area contributed by atoms with Crippen LogP contribution in [0.25, 0.3) is 22.4 Å². The monoisotopic (exact) mass is 331 g/mol. The summed E-state index contributed by atoms with van der Waals surface area (Å²) in [5.74, 6) is 0.694. The van der Waals surface area contributed by atoms with Crippen molar-refractivity contribution in [3.8, 4) is 11.4 Å². The van der Waals surface area contributed by atoms with E-state index in [-0.39, 0.29) is 0 Å². The van der Waals surface area contributed by atoms with Crippen LogP contribution in [0, 0.1) is 0 Å². The van der Waals surface area contributed by atoms with Gasteiger partial charge in [0.05, 0.1) is 17.5 Å². The van der Waals surface area contributed by atoms with Crippen molar-refractivity contribution < 1.29 is 5.11 Å². The zero-order valence-corrected chi connectivity index (χ0v) is 13.4. The number of pyridine rings is 2. The molecular weight excluding hydrogens is 314 g/mol.